The van der Waals surface area contributed by atoms with E-state index in [0.29, 0.717) is 12.6 Å². The number of nitrogens with zero attached hydrogens (tertiary/aromatic N) is 2. The second-order valence-electron chi connectivity index (χ2n) is 6.80. The minimum atomic E-state index is -0.458. The molecule has 1 atom stereocenters. The quantitative estimate of drug-likeness (QED) is 0.753. The maximum absolute atomic E-state index is 11.5. The average molecular weight is 324 g/mol. The number of hydrogen-bond acceptors (Lipinski definition) is 5. The van der Waals surface area contributed by atoms with Gasteiger partial charge in [-0.25, -0.2) is 4.79 Å². The maximum atomic E-state index is 11.5. The van der Waals surface area contributed by atoms with E-state index in [4.69, 9.17) is 9.47 Å². The van der Waals surface area contributed by atoms with Crippen LogP contribution < -0.4 is 10.6 Å². The van der Waals surface area contributed by atoms with Gasteiger partial charge in [0.05, 0.1) is 24.5 Å². The van der Waals surface area contributed by atoms with Gasteiger partial charge >= 0.3 is 6.09 Å². The molecule has 1 fully saturated rings. The molecule has 7 heteroatoms. The Morgan fingerprint density at radius 3 is 3.00 bits per heavy atom. The minimum absolute atomic E-state index is 0.292. The van der Waals surface area contributed by atoms with Gasteiger partial charge in [-0.1, -0.05) is 0 Å². The Kier molecular flexibility index (Phi) is 6.27. The predicted molar refractivity (Wildman–Crippen MR) is 88.5 cm³/mol. The second kappa shape index (κ2) is 8.19. The molecule has 1 unspecified atom stereocenters. The highest BCUT2D eigenvalue weighted by atomic mass is 16.6. The molecule has 0 aromatic carbocycles. The van der Waals surface area contributed by atoms with Gasteiger partial charge in [-0.05, 0) is 40.0 Å². The van der Waals surface area contributed by atoms with Crippen molar-refractivity contribution >= 4 is 11.8 Å². The van der Waals surface area contributed by atoms with Crippen LogP contribution in [0.25, 0.3) is 0 Å². The van der Waals surface area contributed by atoms with Crippen molar-refractivity contribution in [1.82, 2.24) is 15.1 Å². The third-order valence-corrected chi connectivity index (χ3v) is 3.40. The van der Waals surface area contributed by atoms with E-state index in [1.54, 1.807) is 0 Å². The van der Waals surface area contributed by atoms with Crippen molar-refractivity contribution in [3.05, 3.63) is 12.4 Å². The number of anilines is 1. The molecule has 0 aliphatic carbocycles. The summed E-state index contributed by atoms with van der Waals surface area (Å²) in [6, 6.07) is 0. The predicted octanol–water partition coefficient (Wildman–Crippen LogP) is 2.39. The van der Waals surface area contributed by atoms with Crippen molar-refractivity contribution in [3.63, 3.8) is 0 Å². The first-order valence-corrected chi connectivity index (χ1v) is 8.27. The number of alkyl carbamates (subject to hydrolysis) is 1. The minimum Gasteiger partial charge on any atom is -0.444 e. The Morgan fingerprint density at radius 2 is 2.30 bits per heavy atom. The van der Waals surface area contributed by atoms with Gasteiger partial charge in [-0.15, -0.1) is 0 Å². The Balaban J connectivity index is 1.57. The molecule has 1 saturated heterocycles. The highest BCUT2D eigenvalue weighted by molar-refractivity contribution is 5.67. The summed E-state index contributed by atoms with van der Waals surface area (Å²) in [6.07, 6.45) is 6.79. The van der Waals surface area contributed by atoms with Crippen LogP contribution in [0.2, 0.25) is 0 Å². The van der Waals surface area contributed by atoms with Gasteiger partial charge in [-0.2, -0.15) is 5.10 Å². The van der Waals surface area contributed by atoms with Crippen molar-refractivity contribution in [2.45, 2.75) is 58.3 Å². The zero-order valence-electron chi connectivity index (χ0n) is 14.3. The zero-order chi connectivity index (χ0) is 16.7. The van der Waals surface area contributed by atoms with Gasteiger partial charge in [0.1, 0.15) is 5.60 Å². The Labute approximate surface area is 137 Å². The number of rotatable bonds is 7. The molecular formula is C16H28N4O3. The molecule has 1 aliphatic rings. The highest BCUT2D eigenvalue weighted by Gasteiger charge is 2.16. The van der Waals surface area contributed by atoms with Gasteiger partial charge in [0, 0.05) is 25.9 Å². The van der Waals surface area contributed by atoms with Crippen LogP contribution in [0.1, 0.15) is 40.0 Å². The lowest BCUT2D eigenvalue weighted by Crippen LogP contribution is -2.33. The van der Waals surface area contributed by atoms with Crippen LogP contribution >= 0.6 is 0 Å². The van der Waals surface area contributed by atoms with Gasteiger partial charge < -0.3 is 20.1 Å². The molecule has 1 aromatic rings. The molecule has 1 aliphatic heterocycles. The third kappa shape index (κ3) is 6.90. The smallest absolute Gasteiger partial charge is 0.407 e. The molecule has 130 valence electrons. The molecule has 2 N–H and O–H groups in total. The summed E-state index contributed by atoms with van der Waals surface area (Å²) in [4.78, 5) is 11.5. The van der Waals surface area contributed by atoms with Crippen LogP contribution in [0.5, 0.6) is 0 Å². The van der Waals surface area contributed by atoms with E-state index >= 15 is 0 Å². The van der Waals surface area contributed by atoms with E-state index in [1.807, 2.05) is 37.8 Å². The van der Waals surface area contributed by atoms with Crippen LogP contribution in [-0.2, 0) is 16.0 Å². The van der Waals surface area contributed by atoms with E-state index in [9.17, 15) is 4.79 Å². The molecule has 7 nitrogen and oxygen atoms in total. The summed E-state index contributed by atoms with van der Waals surface area (Å²) in [5.74, 6) is 0. The fraction of sp³-hybridized carbons (Fsp3) is 0.750. The number of hydrogen-bond donors (Lipinski definition) is 2. The summed E-state index contributed by atoms with van der Waals surface area (Å²) in [7, 11) is 0. The molecule has 0 spiro atoms. The SMILES string of the molecule is CC(C)(C)OC(=O)NCCCNc1cnn(CC2CCCO2)c1. The zero-order valence-corrected chi connectivity index (χ0v) is 14.3. The van der Waals surface area contributed by atoms with Crippen LogP contribution in [0, 0.1) is 0 Å². The summed E-state index contributed by atoms with van der Waals surface area (Å²) in [6.45, 7) is 8.56. The first-order valence-electron chi connectivity index (χ1n) is 8.27. The van der Waals surface area contributed by atoms with E-state index in [1.165, 1.54) is 0 Å². The molecule has 1 aromatic heterocycles. The van der Waals surface area contributed by atoms with Crippen molar-refractivity contribution in [2.24, 2.45) is 0 Å². The van der Waals surface area contributed by atoms with Crippen molar-refractivity contribution in [3.8, 4) is 0 Å². The number of nitrogens with one attached hydrogen (secondary N) is 2. The fourth-order valence-electron chi connectivity index (χ4n) is 2.38. The second-order valence-corrected chi connectivity index (χ2v) is 6.80. The molecule has 23 heavy (non-hydrogen) atoms. The topological polar surface area (TPSA) is 77.4 Å². The van der Waals surface area contributed by atoms with Gasteiger partial charge in [0.2, 0.25) is 0 Å². The van der Waals surface area contributed by atoms with Gasteiger partial charge in [0.25, 0.3) is 0 Å². The highest BCUT2D eigenvalue weighted by Crippen LogP contribution is 2.14. The lowest BCUT2D eigenvalue weighted by molar-refractivity contribution is 0.0527. The summed E-state index contributed by atoms with van der Waals surface area (Å²) in [5.41, 5.74) is 0.528. The third-order valence-electron chi connectivity index (χ3n) is 3.40. The number of ether oxygens (including phenoxy) is 2. The lowest BCUT2D eigenvalue weighted by Gasteiger charge is -2.19. The van der Waals surface area contributed by atoms with Gasteiger partial charge in [0.15, 0.2) is 0 Å². The van der Waals surface area contributed by atoms with Crippen LogP contribution in [-0.4, -0.2) is 47.3 Å². The molecule has 1 amide bonds. The number of amides is 1. The van der Waals surface area contributed by atoms with E-state index in [0.717, 1.165) is 44.6 Å². The fourth-order valence-corrected chi connectivity index (χ4v) is 2.38. The Hall–Kier alpha value is -1.76. The standard InChI is InChI=1S/C16H28N4O3/c1-16(2,3)23-15(21)18-8-5-7-17-13-10-19-20(11-13)12-14-6-4-9-22-14/h10-11,14,17H,4-9,12H2,1-3H3,(H,18,21). The molecule has 0 saturated carbocycles. The maximum Gasteiger partial charge on any atom is 0.407 e. The van der Waals surface area contributed by atoms with Crippen LogP contribution in [0.3, 0.4) is 0 Å². The van der Waals surface area contributed by atoms with Crippen molar-refractivity contribution < 1.29 is 14.3 Å². The van der Waals surface area contributed by atoms with E-state index in [2.05, 4.69) is 15.7 Å². The first-order chi connectivity index (χ1) is 10.9. The molecular weight excluding hydrogens is 296 g/mol. The number of carbonyl (C=O) groups is 1. The van der Waals surface area contributed by atoms with Crippen LogP contribution in [0.15, 0.2) is 12.4 Å². The molecule has 2 heterocycles. The van der Waals surface area contributed by atoms with Crippen molar-refractivity contribution in [2.75, 3.05) is 25.0 Å². The van der Waals surface area contributed by atoms with Crippen molar-refractivity contribution in [1.29, 1.82) is 0 Å². The average Bonchev–Trinajstić information content (AvgIpc) is 3.09. The lowest BCUT2D eigenvalue weighted by atomic mass is 10.2. The normalized spacial score (nSPS) is 18.0. The Bertz CT molecular complexity index is 490. The summed E-state index contributed by atoms with van der Waals surface area (Å²) < 4.78 is 12.7. The Morgan fingerprint density at radius 1 is 1.48 bits per heavy atom. The first kappa shape index (κ1) is 17.6. The molecule has 2 rings (SSSR count). The monoisotopic (exact) mass is 324 g/mol. The van der Waals surface area contributed by atoms with E-state index in [-0.39, 0.29) is 6.09 Å². The largest absolute Gasteiger partial charge is 0.444 e. The van der Waals surface area contributed by atoms with Gasteiger partial charge in [-0.3, -0.25) is 4.68 Å². The molecule has 0 bridgehead atoms. The molecule has 0 radical (unpaired) electrons. The number of carbonyl (C=O) groups excluding carboxylic acids is 1. The summed E-state index contributed by atoms with van der Waals surface area (Å²) >= 11 is 0. The number of aromatic nitrogens is 2. The summed E-state index contributed by atoms with van der Waals surface area (Å²) in [5, 5.41) is 10.4. The van der Waals surface area contributed by atoms with E-state index < -0.39 is 5.60 Å². The van der Waals surface area contributed by atoms with Crippen LogP contribution in [0.4, 0.5) is 10.5 Å².